The maximum atomic E-state index is 14.2. The summed E-state index contributed by atoms with van der Waals surface area (Å²) in [4.78, 5) is 12.6. The second-order valence-electron chi connectivity index (χ2n) is 6.64. The number of hydrogen-bond donors (Lipinski definition) is 2. The number of halogens is 2. The fraction of sp³-hybridized carbons (Fsp3) is 0.150. The molecule has 1 fully saturated rings. The van der Waals surface area contributed by atoms with Crippen LogP contribution in [0.1, 0.15) is 17.5 Å². The molecule has 7 heteroatoms. The van der Waals surface area contributed by atoms with Gasteiger partial charge in [-0.25, -0.2) is 8.78 Å². The zero-order chi connectivity index (χ0) is 18.9. The summed E-state index contributed by atoms with van der Waals surface area (Å²) in [5, 5.41) is 19.5. The van der Waals surface area contributed by atoms with Gasteiger partial charge < -0.3 is 19.7 Å². The highest BCUT2D eigenvalue weighted by Gasteiger charge is 2.58. The Labute approximate surface area is 151 Å². The Hall–Kier alpha value is -3.35. The number of benzene rings is 2. The molecular weight excluding hydrogens is 358 g/mol. The summed E-state index contributed by atoms with van der Waals surface area (Å²) >= 11 is 0. The van der Waals surface area contributed by atoms with Crippen molar-refractivity contribution in [2.45, 2.75) is 12.0 Å². The van der Waals surface area contributed by atoms with Crippen molar-refractivity contribution in [2.24, 2.45) is 5.92 Å². The smallest absolute Gasteiger partial charge is 0.315 e. The van der Waals surface area contributed by atoms with Gasteiger partial charge in [0.1, 0.15) is 11.5 Å². The Bertz CT molecular complexity index is 1030. The normalized spacial score (nSPS) is 21.0. The lowest BCUT2D eigenvalue weighted by molar-refractivity contribution is -0.148. The number of fused-ring (bicyclic) bond motifs is 6. The van der Waals surface area contributed by atoms with Gasteiger partial charge in [0.25, 0.3) is 0 Å². The molecule has 2 N–H and O–H groups in total. The fourth-order valence-corrected chi connectivity index (χ4v) is 3.99. The average Bonchev–Trinajstić information content (AvgIpc) is 2.93. The minimum atomic E-state index is -1.60. The minimum Gasteiger partial charge on any atom is -0.505 e. The first-order valence-electron chi connectivity index (χ1n) is 8.25. The van der Waals surface area contributed by atoms with Gasteiger partial charge in [0.15, 0.2) is 28.7 Å². The molecule has 1 spiro atoms. The van der Waals surface area contributed by atoms with Crippen LogP contribution in [-0.4, -0.2) is 16.2 Å². The summed E-state index contributed by atoms with van der Waals surface area (Å²) in [7, 11) is 0. The highest BCUT2D eigenvalue weighted by atomic mass is 19.1. The largest absolute Gasteiger partial charge is 0.505 e. The van der Waals surface area contributed by atoms with Gasteiger partial charge in [-0.05, 0) is 24.1 Å². The van der Waals surface area contributed by atoms with Crippen LogP contribution >= 0.6 is 0 Å². The van der Waals surface area contributed by atoms with Crippen molar-refractivity contribution in [1.82, 2.24) is 0 Å². The topological polar surface area (TPSA) is 76.0 Å². The molecule has 1 saturated heterocycles. The van der Waals surface area contributed by atoms with Crippen molar-refractivity contribution in [3.05, 3.63) is 70.8 Å². The molecule has 2 aromatic carbocycles. The van der Waals surface area contributed by atoms with E-state index in [9.17, 15) is 23.8 Å². The van der Waals surface area contributed by atoms with E-state index in [1.54, 1.807) is 12.2 Å². The number of phenolic OH excluding ortho intramolecular Hbond substituents is 2. The molecule has 0 radical (unpaired) electrons. The predicted molar refractivity (Wildman–Crippen MR) is 88.4 cm³/mol. The summed E-state index contributed by atoms with van der Waals surface area (Å²) in [6.45, 7) is 0. The zero-order valence-electron chi connectivity index (χ0n) is 13.7. The van der Waals surface area contributed by atoms with Crippen molar-refractivity contribution in [3.63, 3.8) is 0 Å². The molecule has 136 valence electrons. The number of hydrogen-bond acceptors (Lipinski definition) is 5. The van der Waals surface area contributed by atoms with E-state index in [0.29, 0.717) is 12.0 Å². The molecule has 2 aromatic rings. The number of esters is 1. The SMILES string of the molecule is O=C1OC2(C3=CC=CCC13)c1cc(F)c(O)cc1Oc1cc(O)c(F)cc12. The second kappa shape index (κ2) is 5.09. The molecule has 2 heterocycles. The van der Waals surface area contributed by atoms with Crippen molar-refractivity contribution >= 4 is 5.97 Å². The first kappa shape index (κ1) is 15.9. The van der Waals surface area contributed by atoms with Crippen LogP contribution in [0.2, 0.25) is 0 Å². The monoisotopic (exact) mass is 370 g/mol. The van der Waals surface area contributed by atoms with Crippen LogP contribution in [0.4, 0.5) is 8.78 Å². The van der Waals surface area contributed by atoms with Crippen molar-refractivity contribution in [2.75, 3.05) is 0 Å². The van der Waals surface area contributed by atoms with Crippen molar-refractivity contribution < 1.29 is 33.3 Å². The Morgan fingerprint density at radius 1 is 1.00 bits per heavy atom. The van der Waals surface area contributed by atoms with E-state index in [-0.39, 0.29) is 22.6 Å². The third-order valence-electron chi connectivity index (χ3n) is 5.18. The van der Waals surface area contributed by atoms with Gasteiger partial charge >= 0.3 is 5.97 Å². The molecule has 1 aliphatic carbocycles. The Balaban J connectivity index is 1.89. The summed E-state index contributed by atoms with van der Waals surface area (Å²) in [5.41, 5.74) is -0.782. The van der Waals surface area contributed by atoms with Gasteiger partial charge in [-0.1, -0.05) is 18.2 Å². The first-order chi connectivity index (χ1) is 12.9. The van der Waals surface area contributed by atoms with Gasteiger partial charge in [0, 0.05) is 12.1 Å². The van der Waals surface area contributed by atoms with Crippen LogP contribution in [0.3, 0.4) is 0 Å². The Kier molecular flexibility index (Phi) is 2.99. The number of allylic oxidation sites excluding steroid dienone is 3. The quantitative estimate of drug-likeness (QED) is 0.690. The van der Waals surface area contributed by atoms with Crippen LogP contribution in [0.15, 0.2) is 48.1 Å². The number of ether oxygens (including phenoxy) is 2. The molecule has 1 unspecified atom stereocenters. The van der Waals surface area contributed by atoms with E-state index in [1.165, 1.54) is 0 Å². The van der Waals surface area contributed by atoms with Crippen LogP contribution < -0.4 is 4.74 Å². The van der Waals surface area contributed by atoms with Crippen LogP contribution in [0, 0.1) is 17.6 Å². The lowest BCUT2D eigenvalue weighted by atomic mass is 9.73. The van der Waals surface area contributed by atoms with E-state index in [4.69, 9.17) is 9.47 Å². The third kappa shape index (κ3) is 1.94. The highest BCUT2D eigenvalue weighted by Crippen LogP contribution is 2.59. The lowest BCUT2D eigenvalue weighted by Crippen LogP contribution is -2.33. The second-order valence-corrected chi connectivity index (χ2v) is 6.64. The van der Waals surface area contributed by atoms with E-state index in [0.717, 1.165) is 24.3 Å². The number of carbonyl (C=O) groups excluding carboxylic acids is 1. The number of rotatable bonds is 0. The first-order valence-corrected chi connectivity index (χ1v) is 8.25. The standard InChI is InChI=1S/C20H12F2O5/c21-13-5-11-17(7-15(13)23)26-18-8-16(24)14(22)6-12(18)20(11)10-4-2-1-3-9(10)19(25)27-20/h1-2,4-9,23-24H,3H2. The van der Waals surface area contributed by atoms with Crippen LogP contribution in [-0.2, 0) is 15.1 Å². The molecule has 5 nitrogen and oxygen atoms in total. The average molecular weight is 370 g/mol. The third-order valence-corrected chi connectivity index (χ3v) is 5.18. The van der Waals surface area contributed by atoms with Gasteiger partial charge in [-0.3, -0.25) is 4.79 Å². The van der Waals surface area contributed by atoms with Gasteiger partial charge in [-0.2, -0.15) is 0 Å². The lowest BCUT2D eigenvalue weighted by Gasteiger charge is -2.37. The van der Waals surface area contributed by atoms with Crippen molar-refractivity contribution in [3.8, 4) is 23.0 Å². The van der Waals surface area contributed by atoms with E-state index >= 15 is 0 Å². The molecule has 0 saturated carbocycles. The van der Waals surface area contributed by atoms with Crippen LogP contribution in [0.25, 0.3) is 0 Å². The number of aromatic hydroxyl groups is 2. The van der Waals surface area contributed by atoms with E-state index in [1.807, 2.05) is 6.08 Å². The maximum Gasteiger partial charge on any atom is 0.315 e. The summed E-state index contributed by atoms with van der Waals surface area (Å²) in [5.74, 6) is -4.15. The molecule has 2 aliphatic heterocycles. The zero-order valence-corrected chi connectivity index (χ0v) is 13.7. The van der Waals surface area contributed by atoms with Gasteiger partial charge in [0.2, 0.25) is 0 Å². The van der Waals surface area contributed by atoms with Crippen LogP contribution in [0.5, 0.6) is 23.0 Å². The maximum absolute atomic E-state index is 14.2. The highest BCUT2D eigenvalue weighted by molar-refractivity contribution is 5.85. The van der Waals surface area contributed by atoms with E-state index in [2.05, 4.69) is 0 Å². The summed E-state index contributed by atoms with van der Waals surface area (Å²) in [6, 6.07) is 4.17. The summed E-state index contributed by atoms with van der Waals surface area (Å²) < 4.78 is 39.8. The number of carbonyl (C=O) groups is 1. The van der Waals surface area contributed by atoms with Crippen molar-refractivity contribution in [1.29, 1.82) is 0 Å². The Morgan fingerprint density at radius 2 is 1.59 bits per heavy atom. The molecule has 0 aromatic heterocycles. The number of phenols is 2. The fourth-order valence-electron chi connectivity index (χ4n) is 3.99. The van der Waals surface area contributed by atoms with Gasteiger partial charge in [-0.15, -0.1) is 0 Å². The molecule has 1 atom stereocenters. The predicted octanol–water partition coefficient (Wildman–Crippen LogP) is 3.78. The molecule has 27 heavy (non-hydrogen) atoms. The Morgan fingerprint density at radius 3 is 2.19 bits per heavy atom. The minimum absolute atomic E-state index is 0.0521. The van der Waals surface area contributed by atoms with E-state index < -0.39 is 40.6 Å². The molecular formula is C20H12F2O5. The molecule has 0 amide bonds. The molecule has 5 rings (SSSR count). The van der Waals surface area contributed by atoms with Gasteiger partial charge in [0.05, 0.1) is 17.0 Å². The molecule has 0 bridgehead atoms. The summed E-state index contributed by atoms with van der Waals surface area (Å²) in [6.07, 6.45) is 5.65. The molecule has 3 aliphatic rings.